The number of rotatable bonds is 5. The Bertz CT molecular complexity index is 947. The van der Waals surface area contributed by atoms with E-state index in [2.05, 4.69) is 9.97 Å². The van der Waals surface area contributed by atoms with Crippen LogP contribution in [0.5, 0.6) is 0 Å². The predicted octanol–water partition coefficient (Wildman–Crippen LogP) is 3.66. The number of para-hydroxylation sites is 1. The Balaban J connectivity index is 1.61. The number of halogens is 1. The molecule has 1 N–H and O–H groups in total. The van der Waals surface area contributed by atoms with Crippen molar-refractivity contribution in [1.29, 1.82) is 0 Å². The topological polar surface area (TPSA) is 55.0 Å². The Labute approximate surface area is 138 Å². The minimum absolute atomic E-state index is 0.229. The molecule has 122 valence electrons. The van der Waals surface area contributed by atoms with Crippen LogP contribution in [0, 0.1) is 11.7 Å². The molecule has 3 aromatic rings. The van der Waals surface area contributed by atoms with Crippen LogP contribution in [0.4, 0.5) is 4.39 Å². The molecule has 2 aromatic carbocycles. The highest BCUT2D eigenvalue weighted by Crippen LogP contribution is 2.29. The number of fused-ring (bicyclic) bond motifs is 1. The number of nitrogens with zero attached hydrogens (tertiary/aromatic N) is 1. The van der Waals surface area contributed by atoms with Gasteiger partial charge in [-0.25, -0.2) is 9.37 Å². The van der Waals surface area contributed by atoms with Crippen LogP contribution in [0.25, 0.3) is 22.3 Å². The zero-order valence-corrected chi connectivity index (χ0v) is 13.1. The van der Waals surface area contributed by atoms with Crippen LogP contribution in [0.15, 0.2) is 47.3 Å². The van der Waals surface area contributed by atoms with Gasteiger partial charge in [0.15, 0.2) is 0 Å². The SMILES string of the molecule is O=c1[nH]c(-c2ccc(COCC3CC3)c(F)c2)nc2ccccc12. The van der Waals surface area contributed by atoms with Crippen molar-refractivity contribution < 1.29 is 9.13 Å². The van der Waals surface area contributed by atoms with Crippen molar-refractivity contribution in [3.05, 3.63) is 64.2 Å². The third-order valence-electron chi connectivity index (χ3n) is 4.25. The quantitative estimate of drug-likeness (QED) is 0.779. The summed E-state index contributed by atoms with van der Waals surface area (Å²) in [7, 11) is 0. The fourth-order valence-electron chi connectivity index (χ4n) is 2.65. The van der Waals surface area contributed by atoms with Crippen molar-refractivity contribution in [3.8, 4) is 11.4 Å². The van der Waals surface area contributed by atoms with E-state index in [4.69, 9.17) is 4.74 Å². The summed E-state index contributed by atoms with van der Waals surface area (Å²) in [6, 6.07) is 11.9. The molecule has 0 amide bonds. The van der Waals surface area contributed by atoms with Crippen LogP contribution in [0.2, 0.25) is 0 Å². The van der Waals surface area contributed by atoms with Crippen LogP contribution < -0.4 is 5.56 Å². The van der Waals surface area contributed by atoms with Gasteiger partial charge in [-0.3, -0.25) is 4.79 Å². The van der Waals surface area contributed by atoms with Gasteiger partial charge in [0, 0.05) is 17.7 Å². The standard InChI is InChI=1S/C19H17FN2O2/c20-16-9-13(7-8-14(16)11-24-10-12-5-6-12)18-21-17-4-2-1-3-15(17)19(23)22-18/h1-4,7-9,12H,5-6,10-11H2,(H,21,22,23). The maximum atomic E-state index is 14.3. The van der Waals surface area contributed by atoms with Crippen LogP contribution in [-0.2, 0) is 11.3 Å². The summed E-state index contributed by atoms with van der Waals surface area (Å²) in [5.74, 6) is 0.668. The van der Waals surface area contributed by atoms with Gasteiger partial charge in [0.05, 0.1) is 17.5 Å². The Morgan fingerprint density at radius 3 is 2.83 bits per heavy atom. The summed E-state index contributed by atoms with van der Waals surface area (Å²) in [6.07, 6.45) is 2.42. The normalized spacial score (nSPS) is 14.2. The molecule has 0 spiro atoms. The highest BCUT2D eigenvalue weighted by molar-refractivity contribution is 5.79. The third-order valence-corrected chi connectivity index (χ3v) is 4.25. The smallest absolute Gasteiger partial charge is 0.259 e. The molecule has 5 heteroatoms. The average molecular weight is 324 g/mol. The van der Waals surface area contributed by atoms with Crippen molar-refractivity contribution in [2.45, 2.75) is 19.4 Å². The number of aromatic nitrogens is 2. The number of aromatic amines is 1. The van der Waals surface area contributed by atoms with E-state index in [0.717, 1.165) is 0 Å². The van der Waals surface area contributed by atoms with Crippen molar-refractivity contribution in [3.63, 3.8) is 0 Å². The minimum Gasteiger partial charge on any atom is -0.376 e. The molecule has 0 radical (unpaired) electrons. The molecule has 0 unspecified atom stereocenters. The zero-order chi connectivity index (χ0) is 16.5. The van der Waals surface area contributed by atoms with Gasteiger partial charge >= 0.3 is 0 Å². The lowest BCUT2D eigenvalue weighted by molar-refractivity contribution is 0.109. The Kier molecular flexibility index (Phi) is 3.86. The minimum atomic E-state index is -0.348. The molecular weight excluding hydrogens is 307 g/mol. The average Bonchev–Trinajstić information content (AvgIpc) is 3.40. The van der Waals surface area contributed by atoms with E-state index in [-0.39, 0.29) is 18.0 Å². The predicted molar refractivity (Wildman–Crippen MR) is 90.1 cm³/mol. The van der Waals surface area contributed by atoms with Crippen molar-refractivity contribution >= 4 is 10.9 Å². The van der Waals surface area contributed by atoms with E-state index in [1.54, 1.807) is 30.3 Å². The van der Waals surface area contributed by atoms with Gasteiger partial charge in [0.25, 0.3) is 5.56 Å². The van der Waals surface area contributed by atoms with E-state index in [0.29, 0.717) is 40.4 Å². The summed E-state index contributed by atoms with van der Waals surface area (Å²) in [4.78, 5) is 19.3. The molecule has 1 fully saturated rings. The Morgan fingerprint density at radius 1 is 1.21 bits per heavy atom. The molecule has 24 heavy (non-hydrogen) atoms. The fourth-order valence-corrected chi connectivity index (χ4v) is 2.65. The van der Waals surface area contributed by atoms with Gasteiger partial charge in [0.2, 0.25) is 0 Å². The molecule has 0 bridgehead atoms. The number of ether oxygens (including phenoxy) is 1. The first-order valence-corrected chi connectivity index (χ1v) is 8.06. The Morgan fingerprint density at radius 2 is 2.04 bits per heavy atom. The van der Waals surface area contributed by atoms with Gasteiger partial charge in [-0.1, -0.05) is 24.3 Å². The number of hydrogen-bond donors (Lipinski definition) is 1. The second kappa shape index (κ2) is 6.17. The van der Waals surface area contributed by atoms with E-state index in [1.165, 1.54) is 18.9 Å². The molecule has 1 aromatic heterocycles. The van der Waals surface area contributed by atoms with E-state index >= 15 is 0 Å². The monoisotopic (exact) mass is 324 g/mol. The van der Waals surface area contributed by atoms with Gasteiger partial charge in [-0.15, -0.1) is 0 Å². The molecule has 4 rings (SSSR count). The summed E-state index contributed by atoms with van der Waals surface area (Å²) >= 11 is 0. The van der Waals surface area contributed by atoms with Crippen LogP contribution in [0.3, 0.4) is 0 Å². The summed E-state index contributed by atoms with van der Waals surface area (Å²) < 4.78 is 19.8. The molecule has 0 atom stereocenters. The summed E-state index contributed by atoms with van der Waals surface area (Å²) in [6.45, 7) is 0.963. The second-order valence-corrected chi connectivity index (χ2v) is 6.20. The molecule has 1 saturated carbocycles. The molecule has 1 aliphatic rings. The first-order valence-electron chi connectivity index (χ1n) is 8.06. The molecule has 0 saturated heterocycles. The number of benzene rings is 2. The maximum absolute atomic E-state index is 14.3. The van der Waals surface area contributed by atoms with Gasteiger partial charge in [-0.05, 0) is 37.0 Å². The number of H-pyrrole nitrogens is 1. The maximum Gasteiger partial charge on any atom is 0.259 e. The highest BCUT2D eigenvalue weighted by atomic mass is 19.1. The van der Waals surface area contributed by atoms with E-state index < -0.39 is 0 Å². The van der Waals surface area contributed by atoms with Crippen LogP contribution >= 0.6 is 0 Å². The summed E-state index contributed by atoms with van der Waals surface area (Å²) in [5.41, 5.74) is 1.42. The highest BCUT2D eigenvalue weighted by Gasteiger charge is 2.21. The molecule has 1 aliphatic carbocycles. The van der Waals surface area contributed by atoms with Crippen molar-refractivity contribution in [2.75, 3.05) is 6.61 Å². The first kappa shape index (κ1) is 15.0. The van der Waals surface area contributed by atoms with Crippen LogP contribution in [0.1, 0.15) is 18.4 Å². The molecule has 1 heterocycles. The molecule has 4 nitrogen and oxygen atoms in total. The first-order chi connectivity index (χ1) is 11.7. The van der Waals surface area contributed by atoms with Gasteiger partial charge in [-0.2, -0.15) is 0 Å². The lowest BCUT2D eigenvalue weighted by Gasteiger charge is -2.07. The zero-order valence-electron chi connectivity index (χ0n) is 13.1. The van der Waals surface area contributed by atoms with Gasteiger partial charge < -0.3 is 9.72 Å². The van der Waals surface area contributed by atoms with Gasteiger partial charge in [0.1, 0.15) is 11.6 Å². The second-order valence-electron chi connectivity index (χ2n) is 6.20. The number of nitrogens with one attached hydrogen (secondary N) is 1. The van der Waals surface area contributed by atoms with Crippen molar-refractivity contribution in [2.24, 2.45) is 5.92 Å². The Hall–Kier alpha value is -2.53. The van der Waals surface area contributed by atoms with E-state index in [9.17, 15) is 9.18 Å². The number of hydrogen-bond acceptors (Lipinski definition) is 3. The molecular formula is C19H17FN2O2. The largest absolute Gasteiger partial charge is 0.376 e. The van der Waals surface area contributed by atoms with Crippen molar-refractivity contribution in [1.82, 2.24) is 9.97 Å². The molecule has 0 aliphatic heterocycles. The lowest BCUT2D eigenvalue weighted by Crippen LogP contribution is -2.09. The van der Waals surface area contributed by atoms with E-state index in [1.807, 2.05) is 6.07 Å². The third kappa shape index (κ3) is 3.08. The lowest BCUT2D eigenvalue weighted by atomic mass is 10.1. The fraction of sp³-hybridized carbons (Fsp3) is 0.263. The summed E-state index contributed by atoms with van der Waals surface area (Å²) in [5, 5.41) is 0.520. The van der Waals surface area contributed by atoms with Crippen LogP contribution in [-0.4, -0.2) is 16.6 Å².